The molecule has 1 aromatic rings. The first-order valence-corrected chi connectivity index (χ1v) is 10.5. The van der Waals surface area contributed by atoms with E-state index in [1.165, 1.54) is 11.1 Å². The number of rotatable bonds is 11. The third-order valence-corrected chi connectivity index (χ3v) is 5.23. The number of guanidine groups is 1. The van der Waals surface area contributed by atoms with Crippen LogP contribution in [0.5, 0.6) is 0 Å². The van der Waals surface area contributed by atoms with Gasteiger partial charge in [0.05, 0.1) is 13.2 Å². The molecule has 2 rings (SSSR count). The number of aliphatic imine (C=N–C) groups is 1. The van der Waals surface area contributed by atoms with Crippen molar-refractivity contribution in [3.8, 4) is 0 Å². The van der Waals surface area contributed by atoms with E-state index in [4.69, 9.17) is 9.47 Å². The molecule has 1 saturated heterocycles. The molecule has 1 unspecified atom stereocenters. The Labute approximate surface area is 193 Å². The van der Waals surface area contributed by atoms with E-state index in [2.05, 4.69) is 65.7 Å². The van der Waals surface area contributed by atoms with Gasteiger partial charge in [0.1, 0.15) is 0 Å². The van der Waals surface area contributed by atoms with E-state index in [1.54, 1.807) is 0 Å². The van der Waals surface area contributed by atoms with Gasteiger partial charge in [-0.1, -0.05) is 24.3 Å². The molecule has 0 amide bonds. The van der Waals surface area contributed by atoms with Crippen LogP contribution in [-0.2, 0) is 22.6 Å². The summed E-state index contributed by atoms with van der Waals surface area (Å²) in [4.78, 5) is 6.68. The first-order chi connectivity index (χ1) is 13.6. The molecule has 1 fully saturated rings. The maximum atomic E-state index is 5.75. The van der Waals surface area contributed by atoms with E-state index in [0.29, 0.717) is 12.0 Å². The number of ether oxygens (including phenoxy) is 2. The van der Waals surface area contributed by atoms with E-state index in [9.17, 15) is 0 Å². The second kappa shape index (κ2) is 15.0. The molecule has 0 aliphatic carbocycles. The highest BCUT2D eigenvalue weighted by Crippen LogP contribution is 2.13. The first kappa shape index (κ1) is 26.1. The Morgan fingerprint density at radius 3 is 2.69 bits per heavy atom. The summed E-state index contributed by atoms with van der Waals surface area (Å²) in [6.07, 6.45) is 2.09. The van der Waals surface area contributed by atoms with Gasteiger partial charge in [0.25, 0.3) is 0 Å². The molecule has 1 aliphatic heterocycles. The predicted octanol–water partition coefficient (Wildman–Crippen LogP) is 3.25. The van der Waals surface area contributed by atoms with Gasteiger partial charge in [-0.25, -0.2) is 0 Å². The molecule has 29 heavy (non-hydrogen) atoms. The number of nitrogens with one attached hydrogen (secondary N) is 2. The highest BCUT2D eigenvalue weighted by Gasteiger charge is 2.15. The predicted molar refractivity (Wildman–Crippen MR) is 131 cm³/mol. The van der Waals surface area contributed by atoms with E-state index in [0.717, 1.165) is 64.9 Å². The summed E-state index contributed by atoms with van der Waals surface area (Å²) in [6.45, 7) is 10.3. The molecule has 1 aromatic carbocycles. The van der Waals surface area contributed by atoms with E-state index < -0.39 is 0 Å². The first-order valence-electron chi connectivity index (χ1n) is 10.5. The number of benzene rings is 1. The van der Waals surface area contributed by atoms with Crippen LogP contribution in [0.1, 0.15) is 37.8 Å². The second-order valence-corrected chi connectivity index (χ2v) is 7.79. The van der Waals surface area contributed by atoms with Crippen molar-refractivity contribution in [3.63, 3.8) is 0 Å². The van der Waals surface area contributed by atoms with Gasteiger partial charge in [0.2, 0.25) is 0 Å². The molecule has 6 nitrogen and oxygen atoms in total. The van der Waals surface area contributed by atoms with Crippen molar-refractivity contribution in [2.24, 2.45) is 10.9 Å². The third-order valence-electron chi connectivity index (χ3n) is 5.23. The molecule has 1 heterocycles. The van der Waals surface area contributed by atoms with Crippen molar-refractivity contribution < 1.29 is 9.47 Å². The van der Waals surface area contributed by atoms with Gasteiger partial charge in [-0.15, -0.1) is 24.0 Å². The zero-order valence-electron chi connectivity index (χ0n) is 18.4. The topological polar surface area (TPSA) is 58.1 Å². The second-order valence-electron chi connectivity index (χ2n) is 7.79. The normalized spacial score (nSPS) is 16.9. The lowest BCUT2D eigenvalue weighted by atomic mass is 10.1. The average Bonchev–Trinajstić information content (AvgIpc) is 3.21. The van der Waals surface area contributed by atoms with Crippen molar-refractivity contribution in [3.05, 3.63) is 35.4 Å². The Morgan fingerprint density at radius 1 is 1.28 bits per heavy atom. The fraction of sp³-hybridized carbons (Fsp3) is 0.682. The Bertz CT molecular complexity index is 592. The number of halogens is 1. The van der Waals surface area contributed by atoms with Gasteiger partial charge in [0, 0.05) is 51.9 Å². The molecule has 0 saturated carbocycles. The molecule has 0 aromatic heterocycles. The Hall–Kier alpha value is -0.900. The molecule has 1 aliphatic rings. The number of hydrogen-bond donors (Lipinski definition) is 2. The lowest BCUT2D eigenvalue weighted by molar-refractivity contribution is 0.0888. The highest BCUT2D eigenvalue weighted by molar-refractivity contribution is 14.0. The van der Waals surface area contributed by atoms with Crippen molar-refractivity contribution in [2.75, 3.05) is 47.1 Å². The smallest absolute Gasteiger partial charge is 0.191 e. The Kier molecular flexibility index (Phi) is 13.5. The average molecular weight is 518 g/mol. The van der Waals surface area contributed by atoms with Gasteiger partial charge in [-0.05, 0) is 44.9 Å². The summed E-state index contributed by atoms with van der Waals surface area (Å²) < 4.78 is 11.1. The SMILES string of the molecule is CN=C(NCCCOCC1CCOC1)NCc1ccccc1CN(C)C(C)C.I. The van der Waals surface area contributed by atoms with Crippen LogP contribution < -0.4 is 10.6 Å². The maximum absolute atomic E-state index is 5.75. The van der Waals surface area contributed by atoms with Crippen LogP contribution in [0.15, 0.2) is 29.3 Å². The summed E-state index contributed by atoms with van der Waals surface area (Å²) >= 11 is 0. The minimum absolute atomic E-state index is 0. The standard InChI is InChI=1S/C22H38N4O2.HI/c1-18(2)26(4)15-21-9-6-5-8-20(21)14-25-22(23-3)24-11-7-12-27-16-19-10-13-28-17-19;/h5-6,8-9,18-19H,7,10-17H2,1-4H3,(H2,23,24,25);1H. The molecular weight excluding hydrogens is 479 g/mol. The lowest BCUT2D eigenvalue weighted by Crippen LogP contribution is -2.38. The van der Waals surface area contributed by atoms with Crippen LogP contribution in [0.3, 0.4) is 0 Å². The molecule has 166 valence electrons. The molecule has 2 N–H and O–H groups in total. The summed E-state index contributed by atoms with van der Waals surface area (Å²) in [7, 11) is 3.97. The van der Waals surface area contributed by atoms with Gasteiger partial charge in [0.15, 0.2) is 5.96 Å². The van der Waals surface area contributed by atoms with Crippen molar-refractivity contribution in [1.82, 2.24) is 15.5 Å². The molecule has 0 radical (unpaired) electrons. The van der Waals surface area contributed by atoms with Crippen LogP contribution in [0, 0.1) is 5.92 Å². The Morgan fingerprint density at radius 2 is 2.03 bits per heavy atom. The summed E-state index contributed by atoms with van der Waals surface area (Å²) in [6, 6.07) is 9.12. The summed E-state index contributed by atoms with van der Waals surface area (Å²) in [5, 5.41) is 6.80. The summed E-state index contributed by atoms with van der Waals surface area (Å²) in [5.41, 5.74) is 2.66. The fourth-order valence-corrected chi connectivity index (χ4v) is 3.08. The van der Waals surface area contributed by atoms with Crippen LogP contribution in [0.4, 0.5) is 0 Å². The van der Waals surface area contributed by atoms with Crippen molar-refractivity contribution in [1.29, 1.82) is 0 Å². The minimum atomic E-state index is 0. The largest absolute Gasteiger partial charge is 0.381 e. The molecule has 0 spiro atoms. The van der Waals surface area contributed by atoms with Crippen LogP contribution in [0.25, 0.3) is 0 Å². The van der Waals surface area contributed by atoms with E-state index in [-0.39, 0.29) is 24.0 Å². The fourth-order valence-electron chi connectivity index (χ4n) is 3.08. The van der Waals surface area contributed by atoms with E-state index in [1.807, 2.05) is 7.05 Å². The van der Waals surface area contributed by atoms with Crippen LogP contribution >= 0.6 is 24.0 Å². The number of nitrogens with zero attached hydrogens (tertiary/aromatic N) is 2. The van der Waals surface area contributed by atoms with E-state index >= 15 is 0 Å². The molecule has 0 bridgehead atoms. The number of hydrogen-bond acceptors (Lipinski definition) is 4. The van der Waals surface area contributed by atoms with Crippen molar-refractivity contribution in [2.45, 2.75) is 45.8 Å². The Balaban J connectivity index is 0.00000420. The zero-order chi connectivity index (χ0) is 20.2. The van der Waals surface area contributed by atoms with Gasteiger partial charge in [-0.2, -0.15) is 0 Å². The zero-order valence-corrected chi connectivity index (χ0v) is 20.8. The highest BCUT2D eigenvalue weighted by atomic mass is 127. The molecule has 1 atom stereocenters. The lowest BCUT2D eigenvalue weighted by Gasteiger charge is -2.23. The van der Waals surface area contributed by atoms with Crippen LogP contribution in [0.2, 0.25) is 0 Å². The monoisotopic (exact) mass is 518 g/mol. The maximum Gasteiger partial charge on any atom is 0.191 e. The quantitative estimate of drug-likeness (QED) is 0.204. The summed E-state index contributed by atoms with van der Waals surface area (Å²) in [5.74, 6) is 1.41. The minimum Gasteiger partial charge on any atom is -0.381 e. The van der Waals surface area contributed by atoms with Crippen LogP contribution in [-0.4, -0.2) is 64.0 Å². The van der Waals surface area contributed by atoms with Gasteiger partial charge in [-0.3, -0.25) is 9.89 Å². The molecule has 7 heteroatoms. The van der Waals surface area contributed by atoms with Crippen molar-refractivity contribution >= 4 is 29.9 Å². The molecular formula is C22H39IN4O2. The van der Waals surface area contributed by atoms with Gasteiger partial charge < -0.3 is 20.1 Å². The van der Waals surface area contributed by atoms with Gasteiger partial charge >= 0.3 is 0 Å². The third kappa shape index (κ3) is 10.1.